The van der Waals surface area contributed by atoms with Gasteiger partial charge in [0.1, 0.15) is 0 Å². The minimum absolute atomic E-state index is 0.254. The molecule has 1 aromatic carbocycles. The first-order valence-corrected chi connectivity index (χ1v) is 7.23. The second kappa shape index (κ2) is 7.63. The Labute approximate surface area is 116 Å². The minimum Gasteiger partial charge on any atom is -0.377 e. The van der Waals surface area contributed by atoms with Crippen LogP contribution in [0.25, 0.3) is 0 Å². The molecule has 0 saturated carbocycles. The molecule has 1 heterocycles. The molecule has 2 rings (SSSR count). The fourth-order valence-electron chi connectivity index (χ4n) is 2.56. The average molecular weight is 263 g/mol. The molecule has 0 aromatic heterocycles. The average Bonchev–Trinajstić information content (AvgIpc) is 2.46. The Morgan fingerprint density at radius 1 is 1.37 bits per heavy atom. The standard InChI is InChI=1S/C16H25NO2/c1-13-7-3-4-9-15(13)16(17-2)12-18-11-14-8-5-6-10-19-14/h3-4,7,9,14,16-17H,5-6,8,10-12H2,1-2H3. The summed E-state index contributed by atoms with van der Waals surface area (Å²) in [4.78, 5) is 0. The summed E-state index contributed by atoms with van der Waals surface area (Å²) in [7, 11) is 1.98. The van der Waals surface area contributed by atoms with Crippen molar-refractivity contribution in [2.75, 3.05) is 26.9 Å². The van der Waals surface area contributed by atoms with Gasteiger partial charge in [-0.15, -0.1) is 0 Å². The third-order valence-corrected chi connectivity index (χ3v) is 3.77. The van der Waals surface area contributed by atoms with Gasteiger partial charge in [0.05, 0.1) is 25.4 Å². The Kier molecular flexibility index (Phi) is 5.83. The molecule has 1 fully saturated rings. The molecular weight excluding hydrogens is 238 g/mol. The van der Waals surface area contributed by atoms with Crippen LogP contribution in [0, 0.1) is 6.92 Å². The van der Waals surface area contributed by atoms with E-state index in [4.69, 9.17) is 9.47 Å². The van der Waals surface area contributed by atoms with Crippen molar-refractivity contribution in [2.24, 2.45) is 0 Å². The Hall–Kier alpha value is -0.900. The lowest BCUT2D eigenvalue weighted by Crippen LogP contribution is -2.28. The molecule has 1 aliphatic heterocycles. The summed E-state index contributed by atoms with van der Waals surface area (Å²) in [5.41, 5.74) is 2.62. The zero-order valence-electron chi connectivity index (χ0n) is 12.0. The van der Waals surface area contributed by atoms with Crippen molar-refractivity contribution in [2.45, 2.75) is 38.3 Å². The van der Waals surface area contributed by atoms with Gasteiger partial charge in [0.15, 0.2) is 0 Å². The lowest BCUT2D eigenvalue weighted by Gasteiger charge is -2.24. The van der Waals surface area contributed by atoms with Gasteiger partial charge in [-0.25, -0.2) is 0 Å². The van der Waals surface area contributed by atoms with Crippen molar-refractivity contribution in [1.82, 2.24) is 5.32 Å². The van der Waals surface area contributed by atoms with Crippen LogP contribution in [0.4, 0.5) is 0 Å². The van der Waals surface area contributed by atoms with E-state index >= 15 is 0 Å². The maximum absolute atomic E-state index is 5.85. The Morgan fingerprint density at radius 3 is 2.89 bits per heavy atom. The van der Waals surface area contributed by atoms with Crippen LogP contribution in [0.3, 0.4) is 0 Å². The molecule has 3 nitrogen and oxygen atoms in total. The monoisotopic (exact) mass is 263 g/mol. The van der Waals surface area contributed by atoms with Gasteiger partial charge in [-0.05, 0) is 44.4 Å². The maximum atomic E-state index is 5.85. The minimum atomic E-state index is 0.254. The van der Waals surface area contributed by atoms with Crippen molar-refractivity contribution >= 4 is 0 Å². The first-order valence-electron chi connectivity index (χ1n) is 7.23. The molecule has 1 aliphatic rings. The van der Waals surface area contributed by atoms with Crippen molar-refractivity contribution in [3.63, 3.8) is 0 Å². The number of hydrogen-bond donors (Lipinski definition) is 1. The van der Waals surface area contributed by atoms with Crippen LogP contribution < -0.4 is 5.32 Å². The van der Waals surface area contributed by atoms with Crippen molar-refractivity contribution < 1.29 is 9.47 Å². The largest absolute Gasteiger partial charge is 0.377 e. The highest BCUT2D eigenvalue weighted by Crippen LogP contribution is 2.18. The Balaban J connectivity index is 1.81. The van der Waals surface area contributed by atoms with Crippen molar-refractivity contribution in [3.8, 4) is 0 Å². The van der Waals surface area contributed by atoms with Crippen LogP contribution in [0.1, 0.15) is 36.4 Å². The van der Waals surface area contributed by atoms with Crippen LogP contribution in [-0.4, -0.2) is 33.0 Å². The number of rotatable bonds is 6. The second-order valence-corrected chi connectivity index (χ2v) is 5.22. The normalized spacial score (nSPS) is 21.3. The number of benzene rings is 1. The predicted molar refractivity (Wildman–Crippen MR) is 77.4 cm³/mol. The van der Waals surface area contributed by atoms with Crippen LogP contribution in [0.2, 0.25) is 0 Å². The molecule has 0 bridgehead atoms. The molecule has 1 aromatic rings. The van der Waals surface area contributed by atoms with Crippen LogP contribution in [0.15, 0.2) is 24.3 Å². The van der Waals surface area contributed by atoms with Gasteiger partial charge in [0.2, 0.25) is 0 Å². The fraction of sp³-hybridized carbons (Fsp3) is 0.625. The summed E-state index contributed by atoms with van der Waals surface area (Å²) in [6.45, 7) is 4.44. The van der Waals surface area contributed by atoms with Gasteiger partial charge in [-0.1, -0.05) is 24.3 Å². The molecule has 0 radical (unpaired) electrons. The number of nitrogens with one attached hydrogen (secondary N) is 1. The molecule has 0 spiro atoms. The molecule has 19 heavy (non-hydrogen) atoms. The molecular formula is C16H25NO2. The topological polar surface area (TPSA) is 30.5 Å². The molecule has 1 N–H and O–H groups in total. The van der Waals surface area contributed by atoms with E-state index in [0.717, 1.165) is 13.0 Å². The van der Waals surface area contributed by atoms with E-state index in [2.05, 4.69) is 36.5 Å². The van der Waals surface area contributed by atoms with Gasteiger partial charge in [0.25, 0.3) is 0 Å². The quantitative estimate of drug-likeness (QED) is 0.856. The van der Waals surface area contributed by atoms with Crippen LogP contribution >= 0.6 is 0 Å². The van der Waals surface area contributed by atoms with E-state index in [-0.39, 0.29) is 6.04 Å². The van der Waals surface area contributed by atoms with E-state index in [1.54, 1.807) is 0 Å². The maximum Gasteiger partial charge on any atom is 0.0808 e. The molecule has 2 unspecified atom stereocenters. The third-order valence-electron chi connectivity index (χ3n) is 3.77. The summed E-state index contributed by atoms with van der Waals surface area (Å²) in [6.07, 6.45) is 3.89. The molecule has 2 atom stereocenters. The first kappa shape index (κ1) is 14.5. The van der Waals surface area contributed by atoms with Gasteiger partial charge < -0.3 is 14.8 Å². The van der Waals surface area contributed by atoms with E-state index in [0.29, 0.717) is 19.3 Å². The highest BCUT2D eigenvalue weighted by molar-refractivity contribution is 5.28. The number of ether oxygens (including phenoxy) is 2. The fourth-order valence-corrected chi connectivity index (χ4v) is 2.56. The SMILES string of the molecule is CNC(COCC1CCCCO1)c1ccccc1C. The molecule has 0 aliphatic carbocycles. The number of aryl methyl sites for hydroxylation is 1. The molecule has 0 amide bonds. The predicted octanol–water partition coefficient (Wildman–Crippen LogP) is 2.84. The van der Waals surface area contributed by atoms with Crippen LogP contribution in [-0.2, 0) is 9.47 Å². The van der Waals surface area contributed by atoms with Crippen LogP contribution in [0.5, 0.6) is 0 Å². The summed E-state index contributed by atoms with van der Waals surface area (Å²) >= 11 is 0. The smallest absolute Gasteiger partial charge is 0.0808 e. The Bertz CT molecular complexity index is 375. The second-order valence-electron chi connectivity index (χ2n) is 5.22. The van der Waals surface area contributed by atoms with E-state index in [1.807, 2.05) is 7.05 Å². The van der Waals surface area contributed by atoms with Gasteiger partial charge in [0, 0.05) is 6.61 Å². The van der Waals surface area contributed by atoms with E-state index in [9.17, 15) is 0 Å². The number of likely N-dealkylation sites (N-methyl/N-ethyl adjacent to an activating group) is 1. The highest BCUT2D eigenvalue weighted by Gasteiger charge is 2.16. The van der Waals surface area contributed by atoms with Gasteiger partial charge in [-0.3, -0.25) is 0 Å². The van der Waals surface area contributed by atoms with E-state index in [1.165, 1.54) is 24.0 Å². The Morgan fingerprint density at radius 2 is 2.21 bits per heavy atom. The third kappa shape index (κ3) is 4.30. The summed E-state index contributed by atoms with van der Waals surface area (Å²) < 4.78 is 11.5. The zero-order valence-corrected chi connectivity index (χ0v) is 12.0. The number of hydrogen-bond acceptors (Lipinski definition) is 3. The van der Waals surface area contributed by atoms with Crippen molar-refractivity contribution in [3.05, 3.63) is 35.4 Å². The van der Waals surface area contributed by atoms with E-state index < -0.39 is 0 Å². The lowest BCUT2D eigenvalue weighted by molar-refractivity contribution is -0.0440. The van der Waals surface area contributed by atoms with Gasteiger partial charge >= 0.3 is 0 Å². The molecule has 1 saturated heterocycles. The zero-order chi connectivity index (χ0) is 13.5. The summed E-state index contributed by atoms with van der Waals surface area (Å²) in [6, 6.07) is 8.71. The molecule has 3 heteroatoms. The highest BCUT2D eigenvalue weighted by atomic mass is 16.5. The summed E-state index contributed by atoms with van der Waals surface area (Å²) in [5.74, 6) is 0. The van der Waals surface area contributed by atoms with Crippen molar-refractivity contribution in [1.29, 1.82) is 0 Å². The summed E-state index contributed by atoms with van der Waals surface area (Å²) in [5, 5.41) is 3.33. The molecule has 106 valence electrons. The van der Waals surface area contributed by atoms with Gasteiger partial charge in [-0.2, -0.15) is 0 Å². The lowest BCUT2D eigenvalue weighted by atomic mass is 10.0. The first-order chi connectivity index (χ1) is 9.31.